The minimum Gasteiger partial charge on any atom is -0.489 e. The first-order valence-corrected chi connectivity index (χ1v) is 11.6. The molecule has 1 aromatic carbocycles. The third-order valence-electron chi connectivity index (χ3n) is 4.66. The lowest BCUT2D eigenvalue weighted by Crippen LogP contribution is -2.40. The molecule has 0 saturated carbocycles. The fourth-order valence-corrected chi connectivity index (χ4v) is 4.56. The Labute approximate surface area is 187 Å². The summed E-state index contributed by atoms with van der Waals surface area (Å²) in [5, 5.41) is 2.67. The molecular formula is C21H27N3O7S. The van der Waals surface area contributed by atoms with E-state index in [0.29, 0.717) is 19.0 Å². The molecule has 0 spiro atoms. The molecule has 0 radical (unpaired) electrons. The van der Waals surface area contributed by atoms with E-state index in [4.69, 9.17) is 13.9 Å². The highest BCUT2D eigenvalue weighted by Gasteiger charge is 2.27. The summed E-state index contributed by atoms with van der Waals surface area (Å²) in [5.41, 5.74) is 0.205. The zero-order valence-electron chi connectivity index (χ0n) is 18.2. The van der Waals surface area contributed by atoms with Crippen molar-refractivity contribution in [1.29, 1.82) is 0 Å². The topological polar surface area (TPSA) is 118 Å². The molecule has 1 fully saturated rings. The Hall–Kier alpha value is -2.89. The van der Waals surface area contributed by atoms with Crippen molar-refractivity contribution in [3.05, 3.63) is 42.4 Å². The molecule has 0 unspecified atom stereocenters. The van der Waals surface area contributed by atoms with Crippen molar-refractivity contribution in [2.24, 2.45) is 0 Å². The molecule has 0 bridgehead atoms. The molecule has 1 aliphatic rings. The number of morpholine rings is 1. The average molecular weight is 466 g/mol. The Morgan fingerprint density at radius 3 is 2.56 bits per heavy atom. The van der Waals surface area contributed by atoms with Gasteiger partial charge in [0.25, 0.3) is 5.91 Å². The molecule has 1 aromatic heterocycles. The fourth-order valence-electron chi connectivity index (χ4n) is 3.13. The van der Waals surface area contributed by atoms with Gasteiger partial charge in [-0.3, -0.25) is 9.59 Å². The number of hydrogen-bond acceptors (Lipinski definition) is 7. The lowest BCUT2D eigenvalue weighted by Gasteiger charge is -2.26. The molecule has 32 heavy (non-hydrogen) atoms. The van der Waals surface area contributed by atoms with Crippen LogP contribution in [0, 0.1) is 0 Å². The molecule has 2 aromatic rings. The van der Waals surface area contributed by atoms with Crippen molar-refractivity contribution < 1.29 is 31.9 Å². The Bertz CT molecular complexity index is 1050. The number of carbonyl (C=O) groups excluding carboxylic acids is 2. The number of nitrogens with one attached hydrogen (secondary N) is 1. The van der Waals surface area contributed by atoms with Crippen LogP contribution in [0.3, 0.4) is 0 Å². The molecule has 174 valence electrons. The lowest BCUT2D eigenvalue weighted by atomic mass is 10.2. The largest absolute Gasteiger partial charge is 0.489 e. The molecule has 0 atom stereocenters. The van der Waals surface area contributed by atoms with Gasteiger partial charge in [-0.2, -0.15) is 4.31 Å². The van der Waals surface area contributed by atoms with Crippen molar-refractivity contribution in [2.75, 3.05) is 45.2 Å². The second kappa shape index (κ2) is 10.2. The van der Waals surface area contributed by atoms with Crippen molar-refractivity contribution >= 4 is 27.5 Å². The number of rotatable bonds is 8. The van der Waals surface area contributed by atoms with Gasteiger partial charge in [-0.15, -0.1) is 0 Å². The smallest absolute Gasteiger partial charge is 0.289 e. The Kier molecular flexibility index (Phi) is 7.54. The van der Waals surface area contributed by atoms with E-state index < -0.39 is 21.8 Å². The maximum atomic E-state index is 13.0. The maximum Gasteiger partial charge on any atom is 0.289 e. The molecule has 2 amide bonds. The van der Waals surface area contributed by atoms with Gasteiger partial charge in [0.2, 0.25) is 15.9 Å². The van der Waals surface area contributed by atoms with Crippen LogP contribution >= 0.6 is 0 Å². The van der Waals surface area contributed by atoms with Crippen molar-refractivity contribution in [2.45, 2.75) is 24.8 Å². The van der Waals surface area contributed by atoms with Gasteiger partial charge in [-0.05, 0) is 44.2 Å². The van der Waals surface area contributed by atoms with Gasteiger partial charge >= 0.3 is 0 Å². The molecular weight excluding hydrogens is 438 g/mol. The highest BCUT2D eigenvalue weighted by molar-refractivity contribution is 7.89. The van der Waals surface area contributed by atoms with Gasteiger partial charge in [-0.1, -0.05) is 0 Å². The van der Waals surface area contributed by atoms with Crippen LogP contribution in [-0.2, 0) is 19.6 Å². The van der Waals surface area contributed by atoms with Gasteiger partial charge in [0.15, 0.2) is 5.76 Å². The summed E-state index contributed by atoms with van der Waals surface area (Å²) in [6.07, 6.45) is 1.17. The first kappa shape index (κ1) is 23.8. The van der Waals surface area contributed by atoms with E-state index >= 15 is 0 Å². The highest BCUT2D eigenvalue weighted by Crippen LogP contribution is 2.30. The standard InChI is InChI=1S/C21H27N3O7S/c1-15(2)31-18-7-6-16(32(27,28)24-8-11-29-12-9-24)13-17(18)22-20(25)14-23(3)21(26)19-5-4-10-30-19/h4-7,10,13,15H,8-9,11-12,14H2,1-3H3,(H,22,25). The number of likely N-dealkylation sites (N-methyl/N-ethyl adjacent to an activating group) is 1. The monoisotopic (exact) mass is 465 g/mol. The molecule has 1 saturated heterocycles. The van der Waals surface area contributed by atoms with Crippen molar-refractivity contribution in [3.63, 3.8) is 0 Å². The number of benzene rings is 1. The third-order valence-corrected chi connectivity index (χ3v) is 6.55. The van der Waals surface area contributed by atoms with E-state index in [9.17, 15) is 18.0 Å². The first-order valence-electron chi connectivity index (χ1n) is 10.2. The molecule has 2 heterocycles. The molecule has 1 aliphatic heterocycles. The Morgan fingerprint density at radius 1 is 1.22 bits per heavy atom. The molecule has 0 aliphatic carbocycles. The van der Waals surface area contributed by atoms with Crippen molar-refractivity contribution in [1.82, 2.24) is 9.21 Å². The van der Waals surface area contributed by atoms with Gasteiger partial charge in [0.05, 0.1) is 42.7 Å². The van der Waals surface area contributed by atoms with E-state index in [-0.39, 0.29) is 42.1 Å². The quantitative estimate of drug-likeness (QED) is 0.631. The number of carbonyl (C=O) groups is 2. The van der Waals surface area contributed by atoms with Crippen LogP contribution in [-0.4, -0.2) is 75.4 Å². The van der Waals surface area contributed by atoms with Crippen molar-refractivity contribution in [3.8, 4) is 5.75 Å². The Balaban J connectivity index is 1.80. The summed E-state index contributed by atoms with van der Waals surface area (Å²) in [5.74, 6) is -0.522. The number of nitrogens with zero attached hydrogens (tertiary/aromatic N) is 2. The predicted octanol–water partition coefficient (Wildman–Crippen LogP) is 1.80. The lowest BCUT2D eigenvalue weighted by molar-refractivity contribution is -0.116. The maximum absolute atomic E-state index is 13.0. The minimum atomic E-state index is -3.76. The van der Waals surface area contributed by atoms with Crippen LogP contribution in [0.2, 0.25) is 0 Å². The van der Waals surface area contributed by atoms with E-state index in [1.807, 2.05) is 13.8 Å². The van der Waals surface area contributed by atoms with Crippen LogP contribution in [0.25, 0.3) is 0 Å². The van der Waals surface area contributed by atoms with Gasteiger partial charge < -0.3 is 24.1 Å². The van der Waals surface area contributed by atoms with Crippen LogP contribution in [0.1, 0.15) is 24.4 Å². The van der Waals surface area contributed by atoms with Gasteiger partial charge in [0.1, 0.15) is 5.75 Å². The summed E-state index contributed by atoms with van der Waals surface area (Å²) in [7, 11) is -2.29. The molecule has 1 N–H and O–H groups in total. The molecule has 11 heteroatoms. The summed E-state index contributed by atoms with van der Waals surface area (Å²) >= 11 is 0. The molecule has 10 nitrogen and oxygen atoms in total. The minimum absolute atomic E-state index is 0.0332. The van der Waals surface area contributed by atoms with E-state index in [2.05, 4.69) is 5.32 Å². The van der Waals surface area contributed by atoms with Crippen LogP contribution in [0.15, 0.2) is 45.9 Å². The van der Waals surface area contributed by atoms with E-state index in [1.165, 1.54) is 46.8 Å². The van der Waals surface area contributed by atoms with Crippen LogP contribution in [0.4, 0.5) is 5.69 Å². The number of anilines is 1. The third kappa shape index (κ3) is 5.67. The van der Waals surface area contributed by atoms with E-state index in [0.717, 1.165) is 0 Å². The Morgan fingerprint density at radius 2 is 1.94 bits per heavy atom. The number of ether oxygens (including phenoxy) is 2. The number of sulfonamides is 1. The average Bonchev–Trinajstić information content (AvgIpc) is 3.29. The van der Waals surface area contributed by atoms with Crippen LogP contribution < -0.4 is 10.1 Å². The number of furan rings is 1. The van der Waals surface area contributed by atoms with E-state index in [1.54, 1.807) is 6.07 Å². The SMILES string of the molecule is CC(C)Oc1ccc(S(=O)(=O)N2CCOCC2)cc1NC(=O)CN(C)C(=O)c1ccco1. The zero-order chi connectivity index (χ0) is 23.3. The van der Waals surface area contributed by atoms with Crippen LogP contribution in [0.5, 0.6) is 5.75 Å². The number of amides is 2. The van der Waals surface area contributed by atoms with Gasteiger partial charge in [-0.25, -0.2) is 8.42 Å². The second-order valence-corrected chi connectivity index (χ2v) is 9.47. The summed E-state index contributed by atoms with van der Waals surface area (Å²) in [4.78, 5) is 26.2. The zero-order valence-corrected chi connectivity index (χ0v) is 19.1. The summed E-state index contributed by atoms with van der Waals surface area (Å²) in [6.45, 7) is 4.55. The second-order valence-electron chi connectivity index (χ2n) is 7.53. The highest BCUT2D eigenvalue weighted by atomic mass is 32.2. The fraction of sp³-hybridized carbons (Fsp3) is 0.429. The predicted molar refractivity (Wildman–Crippen MR) is 116 cm³/mol. The summed E-state index contributed by atoms with van der Waals surface area (Å²) in [6, 6.07) is 7.42. The first-order chi connectivity index (χ1) is 15.2. The molecule has 3 rings (SSSR count). The summed E-state index contributed by atoms with van der Waals surface area (Å²) < 4.78 is 43.4. The van der Waals surface area contributed by atoms with Gasteiger partial charge in [0, 0.05) is 20.1 Å². The normalized spacial score (nSPS) is 14.9. The number of hydrogen-bond donors (Lipinski definition) is 1.